The number of benzene rings is 4. The van der Waals surface area contributed by atoms with Crippen LogP contribution in [0.3, 0.4) is 0 Å². The normalized spacial score (nSPS) is 17.1. The lowest BCUT2D eigenvalue weighted by atomic mass is 9.95. The van der Waals surface area contributed by atoms with E-state index in [0.29, 0.717) is 58.5 Å². The third kappa shape index (κ3) is 10.6. The van der Waals surface area contributed by atoms with Crippen LogP contribution < -0.4 is 31.9 Å². The van der Waals surface area contributed by atoms with E-state index < -0.39 is 23.7 Å². The number of carbonyl (C=O) groups is 5. The minimum atomic E-state index is -0.711. The van der Waals surface area contributed by atoms with E-state index in [2.05, 4.69) is 41.0 Å². The van der Waals surface area contributed by atoms with Crippen LogP contribution in [0, 0.1) is 11.7 Å². The third-order valence-corrected chi connectivity index (χ3v) is 12.2. The van der Waals surface area contributed by atoms with Crippen molar-refractivity contribution in [3.63, 3.8) is 0 Å². The first kappa shape index (κ1) is 43.7. The average Bonchev–Trinajstić information content (AvgIpc) is 3.29. The summed E-state index contributed by atoms with van der Waals surface area (Å²) in [6, 6.07) is 26.0. The number of amides is 5. The van der Waals surface area contributed by atoms with E-state index in [1.165, 1.54) is 0 Å². The van der Waals surface area contributed by atoms with Gasteiger partial charge in [-0.15, -0.1) is 0 Å². The van der Waals surface area contributed by atoms with Crippen molar-refractivity contribution in [3.8, 4) is 11.1 Å². The average molecular weight is 887 g/mol. The van der Waals surface area contributed by atoms with Gasteiger partial charge >= 0.3 is 0 Å². The van der Waals surface area contributed by atoms with E-state index in [0.717, 1.165) is 63.0 Å². The zero-order valence-corrected chi connectivity index (χ0v) is 35.7. The summed E-state index contributed by atoms with van der Waals surface area (Å²) in [4.78, 5) is 76.8. The maximum absolute atomic E-state index is 14.9. The van der Waals surface area contributed by atoms with Gasteiger partial charge in [0.25, 0.3) is 5.91 Å². The fourth-order valence-electron chi connectivity index (χ4n) is 8.33. The zero-order valence-electron chi connectivity index (χ0n) is 35.0. The molecule has 0 aliphatic carbocycles. The van der Waals surface area contributed by atoms with Gasteiger partial charge in [-0.2, -0.15) is 4.98 Å². The summed E-state index contributed by atoms with van der Waals surface area (Å²) in [6.45, 7) is 5.83. The van der Waals surface area contributed by atoms with Crippen LogP contribution in [0.5, 0.6) is 0 Å². The molecular weight excluding hydrogens is 839 g/mol. The molecule has 4 aromatic carbocycles. The Labute approximate surface area is 374 Å². The minimum Gasteiger partial charge on any atom is -0.372 e. The Bertz CT molecular complexity index is 2540. The molecule has 15 nitrogen and oxygen atoms in total. The number of imide groups is 1. The second kappa shape index (κ2) is 19.6. The van der Waals surface area contributed by atoms with Crippen LogP contribution in [-0.4, -0.2) is 101 Å². The molecule has 3 aliphatic heterocycles. The van der Waals surface area contributed by atoms with Crippen LogP contribution in [0.25, 0.3) is 11.1 Å². The molecule has 17 heteroatoms. The largest absolute Gasteiger partial charge is 0.372 e. The zero-order chi connectivity index (χ0) is 44.7. The molecule has 0 radical (unpaired) electrons. The number of nitrogens with two attached hydrogens (primary N) is 1. The van der Waals surface area contributed by atoms with Crippen molar-refractivity contribution in [2.75, 3.05) is 61.3 Å². The van der Waals surface area contributed by atoms with Gasteiger partial charge in [0.05, 0.1) is 12.6 Å². The van der Waals surface area contributed by atoms with Gasteiger partial charge in [0.15, 0.2) is 11.6 Å². The van der Waals surface area contributed by atoms with Crippen molar-refractivity contribution in [1.82, 2.24) is 30.4 Å². The van der Waals surface area contributed by atoms with Crippen molar-refractivity contribution >= 4 is 70.0 Å². The predicted octanol–water partition coefficient (Wildman–Crippen LogP) is 5.66. The molecule has 8 rings (SSSR count). The van der Waals surface area contributed by atoms with Gasteiger partial charge in [-0.25, -0.2) is 9.37 Å². The molecule has 5 amide bonds. The van der Waals surface area contributed by atoms with Gasteiger partial charge in [-0.1, -0.05) is 41.9 Å². The van der Waals surface area contributed by atoms with Crippen molar-refractivity contribution in [2.24, 2.45) is 11.7 Å². The standard InChI is InChI=1S/C47H48ClFN10O5/c48-38-4-2-1-3-35(38)37-26-33(11-14-36(37)43(50)62)52-44-39(49)27-51-47(56-44)53-32-9-5-29(6-10-32)25-42(61)59-23-21-57(22-24-59)28-30-17-19-58(20-18-30)34-12-7-31(8-13-34)45(63)54-40-15-16-41(60)55-46(40)64/h1-14,26-27,30,40H,15-25,28H2,(H2,50,62)(H,54,63)(H,55,60,64)(H2,51,52,53,56). The van der Waals surface area contributed by atoms with Crippen molar-refractivity contribution in [2.45, 2.75) is 38.1 Å². The number of halogens is 2. The number of rotatable bonds is 13. The molecule has 6 N–H and O–H groups in total. The van der Waals surface area contributed by atoms with E-state index in [4.69, 9.17) is 17.3 Å². The molecule has 4 heterocycles. The highest BCUT2D eigenvalue weighted by Crippen LogP contribution is 2.34. The Balaban J connectivity index is 0.769. The molecule has 0 saturated carbocycles. The Morgan fingerprint density at radius 1 is 0.828 bits per heavy atom. The summed E-state index contributed by atoms with van der Waals surface area (Å²) >= 11 is 6.42. The summed E-state index contributed by atoms with van der Waals surface area (Å²) in [5.74, 6) is -1.73. The van der Waals surface area contributed by atoms with Gasteiger partial charge in [-0.3, -0.25) is 34.2 Å². The molecule has 5 aromatic rings. The highest BCUT2D eigenvalue weighted by molar-refractivity contribution is 6.33. The molecule has 1 unspecified atom stereocenters. The highest BCUT2D eigenvalue weighted by atomic mass is 35.5. The first-order chi connectivity index (χ1) is 30.9. The van der Waals surface area contributed by atoms with Gasteiger partial charge in [0.1, 0.15) is 6.04 Å². The van der Waals surface area contributed by atoms with Gasteiger partial charge < -0.3 is 31.5 Å². The lowest BCUT2D eigenvalue weighted by Gasteiger charge is -2.39. The Morgan fingerprint density at radius 2 is 1.55 bits per heavy atom. The summed E-state index contributed by atoms with van der Waals surface area (Å²) in [5.41, 5.74) is 10.5. The van der Waals surface area contributed by atoms with Crippen LogP contribution in [0.4, 0.5) is 33.2 Å². The number of piperazine rings is 1. The fraction of sp³-hybridized carbons (Fsp3) is 0.298. The summed E-state index contributed by atoms with van der Waals surface area (Å²) in [5, 5.41) is 11.5. The van der Waals surface area contributed by atoms with Crippen LogP contribution in [-0.2, 0) is 20.8 Å². The quantitative estimate of drug-likeness (QED) is 0.0916. The molecule has 3 aliphatic rings. The van der Waals surface area contributed by atoms with Gasteiger partial charge in [0, 0.05) is 91.0 Å². The van der Waals surface area contributed by atoms with E-state index in [-0.39, 0.29) is 47.9 Å². The Morgan fingerprint density at radius 3 is 2.25 bits per heavy atom. The summed E-state index contributed by atoms with van der Waals surface area (Å²) < 4.78 is 14.9. The third-order valence-electron chi connectivity index (χ3n) is 11.9. The SMILES string of the molecule is NC(=O)c1ccc(Nc2nc(Nc3ccc(CC(=O)N4CCN(CC5CCN(c6ccc(C(=O)NC7CCC(=O)NC7=O)cc6)CC5)CC4)cc3)ncc2F)cc1-c1ccccc1Cl. The number of anilines is 5. The fourth-order valence-corrected chi connectivity index (χ4v) is 8.57. The number of hydrogen-bond donors (Lipinski definition) is 5. The van der Waals surface area contributed by atoms with Gasteiger partial charge in [0.2, 0.25) is 29.6 Å². The molecule has 0 bridgehead atoms. The Kier molecular flexibility index (Phi) is 13.4. The molecular formula is C47H48ClFN10O5. The van der Waals surface area contributed by atoms with E-state index in [1.54, 1.807) is 54.6 Å². The predicted molar refractivity (Wildman–Crippen MR) is 242 cm³/mol. The molecule has 1 atom stereocenters. The molecule has 330 valence electrons. The van der Waals surface area contributed by atoms with Crippen LogP contribution in [0.1, 0.15) is 52.0 Å². The van der Waals surface area contributed by atoms with Crippen molar-refractivity contribution < 1.29 is 28.4 Å². The monoisotopic (exact) mass is 886 g/mol. The van der Waals surface area contributed by atoms with Crippen LogP contribution in [0.15, 0.2) is 97.2 Å². The summed E-state index contributed by atoms with van der Waals surface area (Å²) in [6.07, 6.45) is 3.93. The number of carbonyl (C=O) groups excluding carboxylic acids is 5. The lowest BCUT2D eigenvalue weighted by Crippen LogP contribution is -2.52. The topological polar surface area (TPSA) is 195 Å². The number of aromatic nitrogens is 2. The second-order valence-corrected chi connectivity index (χ2v) is 16.7. The number of primary amides is 1. The maximum Gasteiger partial charge on any atom is 0.251 e. The number of hydrogen-bond acceptors (Lipinski definition) is 11. The van der Waals surface area contributed by atoms with E-state index >= 15 is 0 Å². The smallest absolute Gasteiger partial charge is 0.251 e. The van der Waals surface area contributed by atoms with Crippen LogP contribution in [0.2, 0.25) is 5.02 Å². The molecule has 0 spiro atoms. The molecule has 3 saturated heterocycles. The number of nitrogens with zero attached hydrogens (tertiary/aromatic N) is 5. The number of piperidine rings is 2. The van der Waals surface area contributed by atoms with E-state index in [1.807, 2.05) is 41.3 Å². The Hall–Kier alpha value is -6.91. The molecule has 64 heavy (non-hydrogen) atoms. The van der Waals surface area contributed by atoms with Crippen molar-refractivity contribution in [1.29, 1.82) is 0 Å². The van der Waals surface area contributed by atoms with Crippen molar-refractivity contribution in [3.05, 3.63) is 125 Å². The maximum atomic E-state index is 14.9. The lowest BCUT2D eigenvalue weighted by molar-refractivity contribution is -0.135. The van der Waals surface area contributed by atoms with E-state index in [9.17, 15) is 28.4 Å². The second-order valence-electron chi connectivity index (χ2n) is 16.3. The molecule has 3 fully saturated rings. The van der Waals surface area contributed by atoms with Crippen LogP contribution >= 0.6 is 11.6 Å². The first-order valence-corrected chi connectivity index (χ1v) is 21.7. The molecule has 1 aromatic heterocycles. The summed E-state index contributed by atoms with van der Waals surface area (Å²) in [7, 11) is 0. The first-order valence-electron chi connectivity index (χ1n) is 21.3. The minimum absolute atomic E-state index is 0.0762. The van der Waals surface area contributed by atoms with Gasteiger partial charge in [-0.05, 0) is 97.0 Å². The highest BCUT2D eigenvalue weighted by Gasteiger charge is 2.29. The number of nitrogens with one attached hydrogen (secondary N) is 4.